The molecule has 0 saturated carbocycles. The predicted octanol–water partition coefficient (Wildman–Crippen LogP) is 3.89. The lowest BCUT2D eigenvalue weighted by Crippen LogP contribution is -2.36. The van der Waals surface area contributed by atoms with Gasteiger partial charge in [-0.05, 0) is 44.2 Å². The molecule has 1 aromatic rings. The Bertz CT molecular complexity index is 462. The number of nitrogens with one attached hydrogen (secondary N) is 1. The number of rotatable bonds is 3. The lowest BCUT2D eigenvalue weighted by Gasteiger charge is -2.34. The van der Waals surface area contributed by atoms with Gasteiger partial charge in [0.1, 0.15) is 11.9 Å². The van der Waals surface area contributed by atoms with Crippen LogP contribution in [0.4, 0.5) is 5.82 Å². The SMILES string of the molecule is Cc1ccnc(NC(C)(C)CC(C)(C)C)c1C#N. The molecule has 0 amide bonds. The molecule has 0 spiro atoms. The third kappa shape index (κ3) is 4.03. The average Bonchev–Trinajstić information content (AvgIpc) is 2.13. The van der Waals surface area contributed by atoms with Crippen LogP contribution in [0.15, 0.2) is 12.3 Å². The molecule has 0 aliphatic rings. The molecule has 1 rings (SSSR count). The van der Waals surface area contributed by atoms with Crippen LogP contribution in [0.2, 0.25) is 0 Å². The predicted molar refractivity (Wildman–Crippen MR) is 75.5 cm³/mol. The molecule has 1 N–H and O–H groups in total. The lowest BCUT2D eigenvalue weighted by atomic mass is 9.81. The summed E-state index contributed by atoms with van der Waals surface area (Å²) in [5, 5.41) is 12.6. The molecule has 0 saturated heterocycles. The zero-order chi connectivity index (χ0) is 14.0. The summed E-state index contributed by atoms with van der Waals surface area (Å²) in [6.07, 6.45) is 2.74. The standard InChI is InChI=1S/C15H23N3/c1-11-7-8-17-13(12(11)9-16)18-15(5,6)10-14(2,3)4/h7-8H,10H2,1-6H3,(H,17,18). The molecule has 0 aromatic carbocycles. The number of anilines is 1. The lowest BCUT2D eigenvalue weighted by molar-refractivity contribution is 0.302. The van der Waals surface area contributed by atoms with Crippen molar-refractivity contribution in [1.29, 1.82) is 5.26 Å². The molecule has 0 fully saturated rings. The van der Waals surface area contributed by atoms with Crippen LogP contribution in [0.5, 0.6) is 0 Å². The molecule has 0 bridgehead atoms. The molecule has 1 heterocycles. The van der Waals surface area contributed by atoms with E-state index in [4.69, 9.17) is 0 Å². The van der Waals surface area contributed by atoms with Crippen molar-refractivity contribution < 1.29 is 0 Å². The van der Waals surface area contributed by atoms with Gasteiger partial charge < -0.3 is 5.32 Å². The van der Waals surface area contributed by atoms with Gasteiger partial charge in [-0.2, -0.15) is 5.26 Å². The topological polar surface area (TPSA) is 48.7 Å². The fourth-order valence-electron chi connectivity index (χ4n) is 2.48. The van der Waals surface area contributed by atoms with Crippen LogP contribution in [0.3, 0.4) is 0 Å². The van der Waals surface area contributed by atoms with Crippen LogP contribution in [0.1, 0.15) is 52.2 Å². The first-order valence-electron chi connectivity index (χ1n) is 6.28. The van der Waals surface area contributed by atoms with Crippen molar-refractivity contribution in [2.75, 3.05) is 5.32 Å². The summed E-state index contributed by atoms with van der Waals surface area (Å²) >= 11 is 0. The number of aryl methyl sites for hydroxylation is 1. The van der Waals surface area contributed by atoms with E-state index in [1.165, 1.54) is 0 Å². The fraction of sp³-hybridized carbons (Fsp3) is 0.600. The Morgan fingerprint density at radius 2 is 1.89 bits per heavy atom. The van der Waals surface area contributed by atoms with Crippen molar-refractivity contribution in [3.8, 4) is 6.07 Å². The molecule has 18 heavy (non-hydrogen) atoms. The highest BCUT2D eigenvalue weighted by molar-refractivity contribution is 5.56. The van der Waals surface area contributed by atoms with Crippen molar-refractivity contribution in [3.05, 3.63) is 23.4 Å². The molecule has 0 radical (unpaired) electrons. The Morgan fingerprint density at radius 1 is 1.28 bits per heavy atom. The van der Waals surface area contributed by atoms with Gasteiger partial charge in [0, 0.05) is 11.7 Å². The Hall–Kier alpha value is -1.56. The largest absolute Gasteiger partial charge is 0.364 e. The van der Waals surface area contributed by atoms with Crippen LogP contribution >= 0.6 is 0 Å². The molecular weight excluding hydrogens is 222 g/mol. The first-order valence-corrected chi connectivity index (χ1v) is 6.28. The molecular formula is C15H23N3. The van der Waals surface area contributed by atoms with Crippen molar-refractivity contribution in [1.82, 2.24) is 4.98 Å². The summed E-state index contributed by atoms with van der Waals surface area (Å²) < 4.78 is 0. The maximum atomic E-state index is 9.20. The monoisotopic (exact) mass is 245 g/mol. The highest BCUT2D eigenvalue weighted by Crippen LogP contribution is 2.30. The number of pyridine rings is 1. The maximum Gasteiger partial charge on any atom is 0.144 e. The highest BCUT2D eigenvalue weighted by Gasteiger charge is 2.26. The van der Waals surface area contributed by atoms with Gasteiger partial charge in [-0.15, -0.1) is 0 Å². The zero-order valence-electron chi connectivity index (χ0n) is 12.3. The van der Waals surface area contributed by atoms with Crippen LogP contribution in [-0.2, 0) is 0 Å². The number of nitriles is 1. The van der Waals surface area contributed by atoms with Gasteiger partial charge in [0.25, 0.3) is 0 Å². The highest BCUT2D eigenvalue weighted by atomic mass is 15.0. The van der Waals surface area contributed by atoms with Crippen molar-refractivity contribution >= 4 is 5.82 Å². The second-order valence-electron chi connectivity index (χ2n) is 6.71. The minimum absolute atomic E-state index is 0.0926. The van der Waals surface area contributed by atoms with Gasteiger partial charge >= 0.3 is 0 Å². The third-order valence-corrected chi connectivity index (χ3v) is 2.70. The number of hydrogen-bond donors (Lipinski definition) is 1. The van der Waals surface area contributed by atoms with E-state index >= 15 is 0 Å². The number of hydrogen-bond acceptors (Lipinski definition) is 3. The Balaban J connectivity index is 2.98. The molecule has 0 atom stereocenters. The second kappa shape index (κ2) is 4.97. The van der Waals surface area contributed by atoms with Crippen LogP contribution in [0, 0.1) is 23.7 Å². The number of aromatic nitrogens is 1. The second-order valence-corrected chi connectivity index (χ2v) is 6.71. The first-order chi connectivity index (χ1) is 8.14. The summed E-state index contributed by atoms with van der Waals surface area (Å²) in [6, 6.07) is 4.09. The van der Waals surface area contributed by atoms with E-state index in [1.807, 2.05) is 13.0 Å². The van der Waals surface area contributed by atoms with Gasteiger partial charge in [-0.25, -0.2) is 4.98 Å². The Morgan fingerprint density at radius 3 is 2.39 bits per heavy atom. The molecule has 0 aliphatic heterocycles. The van der Waals surface area contributed by atoms with E-state index < -0.39 is 0 Å². The summed E-state index contributed by atoms with van der Waals surface area (Å²) in [5.41, 5.74) is 1.73. The smallest absolute Gasteiger partial charge is 0.144 e. The van der Waals surface area contributed by atoms with E-state index in [9.17, 15) is 5.26 Å². The van der Waals surface area contributed by atoms with E-state index in [0.29, 0.717) is 11.4 Å². The molecule has 1 aromatic heterocycles. The minimum atomic E-state index is -0.0926. The zero-order valence-corrected chi connectivity index (χ0v) is 12.3. The Labute approximate surface area is 110 Å². The third-order valence-electron chi connectivity index (χ3n) is 2.70. The maximum absolute atomic E-state index is 9.20. The molecule has 0 aliphatic carbocycles. The van der Waals surface area contributed by atoms with Crippen LogP contribution in [0.25, 0.3) is 0 Å². The first kappa shape index (κ1) is 14.5. The van der Waals surface area contributed by atoms with Gasteiger partial charge in [-0.1, -0.05) is 20.8 Å². The van der Waals surface area contributed by atoms with Gasteiger partial charge in [0.05, 0.1) is 5.56 Å². The van der Waals surface area contributed by atoms with Crippen molar-refractivity contribution in [3.63, 3.8) is 0 Å². The molecule has 3 nitrogen and oxygen atoms in total. The Kier molecular flexibility index (Phi) is 4.01. The van der Waals surface area contributed by atoms with E-state index in [2.05, 4.69) is 51.0 Å². The fourth-order valence-corrected chi connectivity index (χ4v) is 2.48. The normalized spacial score (nSPS) is 12.1. The summed E-state index contributed by atoms with van der Waals surface area (Å²) in [6.45, 7) is 12.9. The van der Waals surface area contributed by atoms with E-state index in [0.717, 1.165) is 12.0 Å². The summed E-state index contributed by atoms with van der Waals surface area (Å²) in [7, 11) is 0. The quantitative estimate of drug-likeness (QED) is 0.879. The van der Waals surface area contributed by atoms with E-state index in [-0.39, 0.29) is 11.0 Å². The summed E-state index contributed by atoms with van der Waals surface area (Å²) in [5.74, 6) is 0.687. The molecule has 0 unspecified atom stereocenters. The molecule has 98 valence electrons. The van der Waals surface area contributed by atoms with E-state index in [1.54, 1.807) is 6.20 Å². The van der Waals surface area contributed by atoms with Crippen LogP contribution in [-0.4, -0.2) is 10.5 Å². The van der Waals surface area contributed by atoms with Crippen LogP contribution < -0.4 is 5.32 Å². The van der Waals surface area contributed by atoms with Gasteiger partial charge in [-0.3, -0.25) is 0 Å². The minimum Gasteiger partial charge on any atom is -0.364 e. The van der Waals surface area contributed by atoms with Crippen molar-refractivity contribution in [2.45, 2.75) is 53.5 Å². The average molecular weight is 245 g/mol. The number of nitrogens with zero attached hydrogens (tertiary/aromatic N) is 2. The summed E-state index contributed by atoms with van der Waals surface area (Å²) in [4.78, 5) is 4.29. The van der Waals surface area contributed by atoms with Gasteiger partial charge in [0.15, 0.2) is 0 Å². The van der Waals surface area contributed by atoms with Gasteiger partial charge in [0.2, 0.25) is 0 Å². The van der Waals surface area contributed by atoms with Crippen molar-refractivity contribution in [2.24, 2.45) is 5.41 Å². The molecule has 3 heteroatoms.